The van der Waals surface area contributed by atoms with Gasteiger partial charge in [-0.25, -0.2) is 8.78 Å². The van der Waals surface area contributed by atoms with Gasteiger partial charge in [-0.3, -0.25) is 0 Å². The third-order valence-electron chi connectivity index (χ3n) is 2.16. The van der Waals surface area contributed by atoms with Gasteiger partial charge in [0.1, 0.15) is 6.10 Å². The average molecular weight is 179 g/mol. The highest BCUT2D eigenvalue weighted by Gasteiger charge is 2.28. The van der Waals surface area contributed by atoms with Gasteiger partial charge in [-0.1, -0.05) is 13.8 Å². The van der Waals surface area contributed by atoms with Crippen LogP contribution < -0.4 is 5.32 Å². The Kier molecular flexibility index (Phi) is 3.40. The number of hydrogen-bond acceptors (Lipinski definition) is 2. The van der Waals surface area contributed by atoms with E-state index in [1.807, 2.05) is 13.8 Å². The maximum absolute atomic E-state index is 12.1. The molecular formula is C8H15F2NO. The summed E-state index contributed by atoms with van der Waals surface area (Å²) in [6.45, 7) is 4.75. The molecule has 2 atom stereocenters. The van der Waals surface area contributed by atoms with Crippen LogP contribution in [0.15, 0.2) is 0 Å². The van der Waals surface area contributed by atoms with Crippen LogP contribution in [0.4, 0.5) is 8.78 Å². The van der Waals surface area contributed by atoms with Crippen LogP contribution in [-0.4, -0.2) is 31.7 Å². The molecule has 1 N–H and O–H groups in total. The highest BCUT2D eigenvalue weighted by molar-refractivity contribution is 4.79. The van der Waals surface area contributed by atoms with Gasteiger partial charge in [-0.15, -0.1) is 0 Å². The van der Waals surface area contributed by atoms with Crippen molar-refractivity contribution in [3.63, 3.8) is 0 Å². The number of morpholine rings is 1. The average Bonchev–Trinajstić information content (AvgIpc) is 2.04. The number of ether oxygens (including phenoxy) is 1. The van der Waals surface area contributed by atoms with Crippen LogP contribution in [0.1, 0.15) is 13.8 Å². The lowest BCUT2D eigenvalue weighted by Crippen LogP contribution is -2.51. The molecule has 72 valence electrons. The van der Waals surface area contributed by atoms with E-state index >= 15 is 0 Å². The summed E-state index contributed by atoms with van der Waals surface area (Å²) < 4.78 is 29.2. The first-order chi connectivity index (χ1) is 5.61. The monoisotopic (exact) mass is 179 g/mol. The zero-order valence-electron chi connectivity index (χ0n) is 7.39. The molecule has 1 heterocycles. The van der Waals surface area contributed by atoms with E-state index in [4.69, 9.17) is 4.74 Å². The first-order valence-corrected chi connectivity index (χ1v) is 4.24. The fourth-order valence-corrected chi connectivity index (χ4v) is 1.20. The van der Waals surface area contributed by atoms with Gasteiger partial charge < -0.3 is 10.1 Å². The van der Waals surface area contributed by atoms with E-state index in [9.17, 15) is 8.78 Å². The molecule has 0 aromatic rings. The Morgan fingerprint density at radius 1 is 1.42 bits per heavy atom. The summed E-state index contributed by atoms with van der Waals surface area (Å²) in [4.78, 5) is 0. The van der Waals surface area contributed by atoms with E-state index in [-0.39, 0.29) is 12.6 Å². The van der Waals surface area contributed by atoms with Gasteiger partial charge in [-0.2, -0.15) is 0 Å². The molecule has 1 fully saturated rings. The molecule has 0 bridgehead atoms. The summed E-state index contributed by atoms with van der Waals surface area (Å²) in [6.07, 6.45) is -3.29. The molecule has 1 aliphatic heterocycles. The molecule has 0 saturated carbocycles. The van der Waals surface area contributed by atoms with Crippen LogP contribution in [0, 0.1) is 5.92 Å². The molecule has 4 heteroatoms. The Bertz CT molecular complexity index is 117. The lowest BCUT2D eigenvalue weighted by Gasteiger charge is -2.32. The predicted octanol–water partition coefficient (Wildman–Crippen LogP) is 1.26. The summed E-state index contributed by atoms with van der Waals surface area (Å²) in [7, 11) is 0. The number of rotatable bonds is 2. The van der Waals surface area contributed by atoms with Crippen LogP contribution in [0.3, 0.4) is 0 Å². The van der Waals surface area contributed by atoms with Crippen LogP contribution in [-0.2, 0) is 4.74 Å². The Morgan fingerprint density at radius 2 is 2.08 bits per heavy atom. The van der Waals surface area contributed by atoms with Crippen LogP contribution in [0.25, 0.3) is 0 Å². The quantitative estimate of drug-likeness (QED) is 0.689. The van der Waals surface area contributed by atoms with Crippen molar-refractivity contribution >= 4 is 0 Å². The van der Waals surface area contributed by atoms with Crippen molar-refractivity contribution in [2.75, 3.05) is 13.2 Å². The molecule has 1 rings (SSSR count). The van der Waals surface area contributed by atoms with Crippen LogP contribution in [0.5, 0.6) is 0 Å². The molecular weight excluding hydrogens is 164 g/mol. The minimum Gasteiger partial charge on any atom is -0.369 e. The normalized spacial score (nSPS) is 31.5. The molecule has 12 heavy (non-hydrogen) atoms. The summed E-state index contributed by atoms with van der Waals surface area (Å²) in [5.41, 5.74) is 0. The minimum absolute atomic E-state index is 0.222. The predicted molar refractivity (Wildman–Crippen MR) is 42.4 cm³/mol. The number of hydrogen-bond donors (Lipinski definition) is 1. The summed E-state index contributed by atoms with van der Waals surface area (Å²) in [6, 6.07) is 0.222. The molecule has 0 aromatic heterocycles. The van der Waals surface area contributed by atoms with Crippen molar-refractivity contribution in [2.45, 2.75) is 32.4 Å². The van der Waals surface area contributed by atoms with Gasteiger partial charge in [0.05, 0.1) is 6.61 Å². The topological polar surface area (TPSA) is 21.3 Å². The van der Waals surface area contributed by atoms with E-state index in [2.05, 4.69) is 5.32 Å². The molecule has 2 nitrogen and oxygen atoms in total. The standard InChI is InChI=1S/C8H15F2NO/c1-5(2)6-4-12-7(3-11-6)8(9)10/h5-8,11H,3-4H2,1-2H3/t6-,7-/m1/s1. The fourth-order valence-electron chi connectivity index (χ4n) is 1.20. The van der Waals surface area contributed by atoms with Crippen LogP contribution in [0.2, 0.25) is 0 Å². The number of alkyl halides is 2. The van der Waals surface area contributed by atoms with Crippen molar-refractivity contribution in [3.05, 3.63) is 0 Å². The van der Waals surface area contributed by atoms with Gasteiger partial charge in [0.25, 0.3) is 6.43 Å². The van der Waals surface area contributed by atoms with E-state index in [1.54, 1.807) is 0 Å². The van der Waals surface area contributed by atoms with Crippen molar-refractivity contribution in [1.29, 1.82) is 0 Å². The summed E-state index contributed by atoms with van der Waals surface area (Å²) in [5.74, 6) is 0.434. The Morgan fingerprint density at radius 3 is 2.42 bits per heavy atom. The van der Waals surface area contributed by atoms with E-state index < -0.39 is 12.5 Å². The second-order valence-electron chi connectivity index (χ2n) is 3.46. The SMILES string of the molecule is CC(C)[C@H]1CO[C@@H](C(F)F)CN1. The van der Waals surface area contributed by atoms with Crippen LogP contribution >= 0.6 is 0 Å². The minimum atomic E-state index is -2.37. The molecule has 1 saturated heterocycles. The smallest absolute Gasteiger partial charge is 0.265 e. The Hall–Kier alpha value is -0.220. The molecule has 0 amide bonds. The van der Waals surface area contributed by atoms with Crippen molar-refractivity contribution in [1.82, 2.24) is 5.32 Å². The zero-order valence-corrected chi connectivity index (χ0v) is 7.39. The second kappa shape index (κ2) is 4.14. The molecule has 0 radical (unpaired) electrons. The maximum atomic E-state index is 12.1. The lowest BCUT2D eigenvalue weighted by atomic mass is 10.0. The van der Waals surface area contributed by atoms with E-state index in [0.29, 0.717) is 12.5 Å². The van der Waals surface area contributed by atoms with Crippen molar-refractivity contribution in [3.8, 4) is 0 Å². The van der Waals surface area contributed by atoms with Gasteiger partial charge >= 0.3 is 0 Å². The third-order valence-corrected chi connectivity index (χ3v) is 2.16. The van der Waals surface area contributed by atoms with Gasteiger partial charge in [-0.05, 0) is 5.92 Å². The molecule has 1 aliphatic rings. The number of nitrogens with one attached hydrogen (secondary N) is 1. The van der Waals surface area contributed by atoms with Gasteiger partial charge in [0, 0.05) is 12.6 Å². The zero-order chi connectivity index (χ0) is 9.14. The first-order valence-electron chi connectivity index (χ1n) is 4.24. The third kappa shape index (κ3) is 2.38. The second-order valence-corrected chi connectivity index (χ2v) is 3.46. The Balaban J connectivity index is 2.30. The molecule has 0 spiro atoms. The van der Waals surface area contributed by atoms with E-state index in [0.717, 1.165) is 0 Å². The maximum Gasteiger partial charge on any atom is 0.265 e. The fraction of sp³-hybridized carbons (Fsp3) is 1.00. The molecule has 0 aromatic carbocycles. The highest BCUT2D eigenvalue weighted by Crippen LogP contribution is 2.13. The largest absolute Gasteiger partial charge is 0.369 e. The summed E-state index contributed by atoms with van der Waals surface area (Å²) in [5, 5.41) is 3.04. The molecule has 0 unspecified atom stereocenters. The van der Waals surface area contributed by atoms with Gasteiger partial charge in [0.2, 0.25) is 0 Å². The summed E-state index contributed by atoms with van der Waals surface area (Å²) >= 11 is 0. The molecule has 0 aliphatic carbocycles. The van der Waals surface area contributed by atoms with Crippen molar-refractivity contribution < 1.29 is 13.5 Å². The Labute approximate surface area is 71.3 Å². The van der Waals surface area contributed by atoms with E-state index in [1.165, 1.54) is 0 Å². The first kappa shape index (κ1) is 9.86. The lowest BCUT2D eigenvalue weighted by molar-refractivity contribution is -0.0863. The van der Waals surface area contributed by atoms with Crippen molar-refractivity contribution in [2.24, 2.45) is 5.92 Å². The van der Waals surface area contributed by atoms with Gasteiger partial charge in [0.15, 0.2) is 0 Å². The number of halogens is 2. The highest BCUT2D eigenvalue weighted by atomic mass is 19.3.